The predicted molar refractivity (Wildman–Crippen MR) is 91.0 cm³/mol. The highest BCUT2D eigenvalue weighted by Gasteiger charge is 2.22. The molecule has 0 unspecified atom stereocenters. The van der Waals surface area contributed by atoms with E-state index in [2.05, 4.69) is 19.9 Å². The van der Waals surface area contributed by atoms with Crippen molar-refractivity contribution in [3.05, 3.63) is 47.5 Å². The Labute approximate surface area is 141 Å². The summed E-state index contributed by atoms with van der Waals surface area (Å²) in [5, 5.41) is 0. The number of carbonyl (C=O) groups excluding carboxylic acids is 1. The van der Waals surface area contributed by atoms with Gasteiger partial charge in [0.15, 0.2) is 5.78 Å². The molecule has 3 rings (SSSR count). The number of ketones is 1. The molecule has 1 saturated heterocycles. The Bertz CT molecular complexity index is 697. The standard InChI is InChI=1S/C18H22N4O2/c1-13-17(14(2)23)11-20-18(21-13)22-8-5-16(6-9-22)24-12-15-4-3-7-19-10-15/h3-4,7,10-11,16H,5-6,8-9,12H2,1-2H3. The van der Waals surface area contributed by atoms with E-state index in [0.717, 1.165) is 37.2 Å². The van der Waals surface area contributed by atoms with E-state index in [-0.39, 0.29) is 11.9 Å². The third-order valence-electron chi connectivity index (χ3n) is 4.28. The van der Waals surface area contributed by atoms with Crippen LogP contribution in [0.4, 0.5) is 5.95 Å². The lowest BCUT2D eigenvalue weighted by Crippen LogP contribution is -2.38. The van der Waals surface area contributed by atoms with Crippen LogP contribution in [0.15, 0.2) is 30.7 Å². The summed E-state index contributed by atoms with van der Waals surface area (Å²) in [6, 6.07) is 3.95. The van der Waals surface area contributed by atoms with Gasteiger partial charge in [-0.1, -0.05) is 6.07 Å². The molecule has 2 aromatic rings. The fraction of sp³-hybridized carbons (Fsp3) is 0.444. The summed E-state index contributed by atoms with van der Waals surface area (Å²) in [4.78, 5) is 26.6. The van der Waals surface area contributed by atoms with Gasteiger partial charge in [-0.2, -0.15) is 0 Å². The molecule has 0 amide bonds. The van der Waals surface area contributed by atoms with Crippen LogP contribution in [0.3, 0.4) is 0 Å². The van der Waals surface area contributed by atoms with Crippen molar-refractivity contribution in [3.63, 3.8) is 0 Å². The van der Waals surface area contributed by atoms with Crippen molar-refractivity contribution >= 4 is 11.7 Å². The third kappa shape index (κ3) is 3.94. The fourth-order valence-corrected chi connectivity index (χ4v) is 2.87. The number of aryl methyl sites for hydroxylation is 1. The van der Waals surface area contributed by atoms with Crippen LogP contribution in [0.2, 0.25) is 0 Å². The Kier molecular flexibility index (Phi) is 5.15. The molecule has 0 bridgehead atoms. The predicted octanol–water partition coefficient (Wildman–Crippen LogP) is 2.57. The quantitative estimate of drug-likeness (QED) is 0.787. The van der Waals surface area contributed by atoms with Gasteiger partial charge in [-0.3, -0.25) is 9.78 Å². The second-order valence-corrected chi connectivity index (χ2v) is 6.08. The van der Waals surface area contributed by atoms with Gasteiger partial charge in [0.25, 0.3) is 0 Å². The first-order chi connectivity index (χ1) is 11.6. The average molecular weight is 326 g/mol. The zero-order chi connectivity index (χ0) is 16.9. The molecule has 2 aromatic heterocycles. The maximum Gasteiger partial charge on any atom is 0.225 e. The van der Waals surface area contributed by atoms with Crippen molar-refractivity contribution in [3.8, 4) is 0 Å². The van der Waals surface area contributed by atoms with Crippen molar-refractivity contribution in [2.75, 3.05) is 18.0 Å². The van der Waals surface area contributed by atoms with E-state index in [9.17, 15) is 4.79 Å². The molecule has 1 aliphatic heterocycles. The molecule has 3 heterocycles. The highest BCUT2D eigenvalue weighted by Crippen LogP contribution is 2.20. The summed E-state index contributed by atoms with van der Waals surface area (Å²) in [5.41, 5.74) is 2.43. The maximum atomic E-state index is 11.5. The van der Waals surface area contributed by atoms with E-state index in [4.69, 9.17) is 4.74 Å². The number of ether oxygens (including phenoxy) is 1. The molecule has 0 radical (unpaired) electrons. The molecule has 6 heteroatoms. The summed E-state index contributed by atoms with van der Waals surface area (Å²) in [7, 11) is 0. The van der Waals surface area contributed by atoms with Crippen molar-refractivity contribution < 1.29 is 9.53 Å². The number of carbonyl (C=O) groups is 1. The number of Topliss-reactive ketones (excluding diaryl/α,β-unsaturated/α-hetero) is 1. The smallest absolute Gasteiger partial charge is 0.225 e. The Morgan fingerprint density at radius 1 is 1.33 bits per heavy atom. The molecule has 6 nitrogen and oxygen atoms in total. The van der Waals surface area contributed by atoms with Gasteiger partial charge in [0.2, 0.25) is 5.95 Å². The van der Waals surface area contributed by atoms with Crippen LogP contribution < -0.4 is 4.90 Å². The van der Waals surface area contributed by atoms with Gasteiger partial charge in [0.1, 0.15) is 0 Å². The van der Waals surface area contributed by atoms with Crippen LogP contribution in [0.5, 0.6) is 0 Å². The Balaban J connectivity index is 1.53. The monoisotopic (exact) mass is 326 g/mol. The lowest BCUT2D eigenvalue weighted by atomic mass is 10.1. The number of hydrogen-bond donors (Lipinski definition) is 0. The van der Waals surface area contributed by atoms with Gasteiger partial charge in [-0.25, -0.2) is 9.97 Å². The highest BCUT2D eigenvalue weighted by molar-refractivity contribution is 5.94. The molecule has 1 fully saturated rings. The molecule has 0 aromatic carbocycles. The van der Waals surface area contributed by atoms with Crippen LogP contribution in [0.1, 0.15) is 41.4 Å². The van der Waals surface area contributed by atoms with Crippen LogP contribution in [-0.4, -0.2) is 39.9 Å². The minimum absolute atomic E-state index is 0.00144. The number of piperidine rings is 1. The van der Waals surface area contributed by atoms with Crippen LogP contribution in [-0.2, 0) is 11.3 Å². The second-order valence-electron chi connectivity index (χ2n) is 6.08. The Hall–Kier alpha value is -2.34. The highest BCUT2D eigenvalue weighted by atomic mass is 16.5. The largest absolute Gasteiger partial charge is 0.373 e. The summed E-state index contributed by atoms with van der Waals surface area (Å²) in [6.07, 6.45) is 7.36. The lowest BCUT2D eigenvalue weighted by Gasteiger charge is -2.32. The summed E-state index contributed by atoms with van der Waals surface area (Å²) >= 11 is 0. The van der Waals surface area contributed by atoms with Gasteiger partial charge >= 0.3 is 0 Å². The normalized spacial score (nSPS) is 15.5. The first kappa shape index (κ1) is 16.5. The van der Waals surface area contributed by atoms with Crippen LogP contribution >= 0.6 is 0 Å². The zero-order valence-electron chi connectivity index (χ0n) is 14.1. The van der Waals surface area contributed by atoms with Gasteiger partial charge in [-0.15, -0.1) is 0 Å². The summed E-state index contributed by atoms with van der Waals surface area (Å²) in [6.45, 7) is 5.71. The molecular formula is C18H22N4O2. The average Bonchev–Trinajstić information content (AvgIpc) is 2.61. The lowest BCUT2D eigenvalue weighted by molar-refractivity contribution is 0.0248. The third-order valence-corrected chi connectivity index (χ3v) is 4.28. The molecule has 0 atom stereocenters. The van der Waals surface area contributed by atoms with Gasteiger partial charge in [0.05, 0.1) is 24.0 Å². The van der Waals surface area contributed by atoms with Gasteiger partial charge in [-0.05, 0) is 38.3 Å². The number of nitrogens with zero attached hydrogens (tertiary/aromatic N) is 4. The zero-order valence-corrected chi connectivity index (χ0v) is 14.1. The molecular weight excluding hydrogens is 304 g/mol. The fourth-order valence-electron chi connectivity index (χ4n) is 2.87. The molecule has 126 valence electrons. The summed E-state index contributed by atoms with van der Waals surface area (Å²) in [5.74, 6) is 0.699. The molecule has 0 spiro atoms. The van der Waals surface area contributed by atoms with Crippen molar-refractivity contribution in [2.45, 2.75) is 39.4 Å². The second kappa shape index (κ2) is 7.49. The maximum absolute atomic E-state index is 11.5. The number of pyridine rings is 1. The molecule has 0 N–H and O–H groups in total. The summed E-state index contributed by atoms with van der Waals surface area (Å²) < 4.78 is 5.98. The topological polar surface area (TPSA) is 68.2 Å². The number of aromatic nitrogens is 3. The number of hydrogen-bond acceptors (Lipinski definition) is 6. The molecule has 1 aliphatic rings. The van der Waals surface area contributed by atoms with E-state index < -0.39 is 0 Å². The SMILES string of the molecule is CC(=O)c1cnc(N2CCC(OCc3cccnc3)CC2)nc1C. The number of anilines is 1. The van der Waals surface area contributed by atoms with E-state index in [1.165, 1.54) is 6.92 Å². The van der Waals surface area contributed by atoms with Crippen LogP contribution in [0, 0.1) is 6.92 Å². The molecule has 24 heavy (non-hydrogen) atoms. The Morgan fingerprint density at radius 2 is 2.12 bits per heavy atom. The van der Waals surface area contributed by atoms with Crippen molar-refractivity contribution in [1.29, 1.82) is 0 Å². The first-order valence-corrected chi connectivity index (χ1v) is 8.23. The molecule has 0 saturated carbocycles. The van der Waals surface area contributed by atoms with E-state index >= 15 is 0 Å². The van der Waals surface area contributed by atoms with Gasteiger partial charge in [0, 0.05) is 31.7 Å². The molecule has 0 aliphatic carbocycles. The minimum Gasteiger partial charge on any atom is -0.373 e. The van der Waals surface area contributed by atoms with Crippen LogP contribution in [0.25, 0.3) is 0 Å². The van der Waals surface area contributed by atoms with E-state index in [1.807, 2.05) is 25.3 Å². The van der Waals surface area contributed by atoms with Gasteiger partial charge < -0.3 is 9.64 Å². The van der Waals surface area contributed by atoms with Crippen molar-refractivity contribution in [2.24, 2.45) is 0 Å². The van der Waals surface area contributed by atoms with Crippen molar-refractivity contribution in [1.82, 2.24) is 15.0 Å². The minimum atomic E-state index is 0.00144. The number of rotatable bonds is 5. The first-order valence-electron chi connectivity index (χ1n) is 8.23. The Morgan fingerprint density at radius 3 is 2.75 bits per heavy atom. The van der Waals surface area contributed by atoms with E-state index in [1.54, 1.807) is 12.4 Å². The van der Waals surface area contributed by atoms with E-state index in [0.29, 0.717) is 18.1 Å².